The van der Waals surface area contributed by atoms with E-state index in [0.717, 1.165) is 29.3 Å². The number of pyridine rings is 1. The van der Waals surface area contributed by atoms with Gasteiger partial charge in [0.2, 0.25) is 0 Å². The Kier molecular flexibility index (Phi) is 3.23. The van der Waals surface area contributed by atoms with Crippen molar-refractivity contribution in [2.24, 2.45) is 5.92 Å². The van der Waals surface area contributed by atoms with E-state index in [2.05, 4.69) is 10.3 Å². The number of carbonyl (C=O) groups excluding carboxylic acids is 1. The third-order valence-electron chi connectivity index (χ3n) is 4.98. The first-order valence-corrected chi connectivity index (χ1v) is 7.92. The van der Waals surface area contributed by atoms with Crippen molar-refractivity contribution in [2.75, 3.05) is 0 Å². The summed E-state index contributed by atoms with van der Waals surface area (Å²) in [6.45, 7) is 0. The van der Waals surface area contributed by atoms with Crippen LogP contribution < -0.4 is 5.32 Å². The van der Waals surface area contributed by atoms with Crippen molar-refractivity contribution in [3.8, 4) is 0 Å². The van der Waals surface area contributed by atoms with E-state index in [0.29, 0.717) is 24.4 Å². The lowest BCUT2D eigenvalue weighted by molar-refractivity contribution is 0.0947. The summed E-state index contributed by atoms with van der Waals surface area (Å²) in [6, 6.07) is 11.1. The lowest BCUT2D eigenvalue weighted by atomic mass is 9.86. The number of hydrogen-bond donors (Lipinski definition) is 1. The molecule has 2 fully saturated rings. The van der Waals surface area contributed by atoms with Crippen molar-refractivity contribution in [1.29, 1.82) is 0 Å². The van der Waals surface area contributed by atoms with Crippen molar-refractivity contribution in [3.63, 3.8) is 0 Å². The van der Waals surface area contributed by atoms with Gasteiger partial charge in [0.1, 0.15) is 0 Å². The van der Waals surface area contributed by atoms with Crippen LogP contribution in [0.2, 0.25) is 0 Å². The van der Waals surface area contributed by atoms with Gasteiger partial charge in [-0.25, -0.2) is 0 Å². The maximum Gasteiger partial charge on any atom is 0.165 e. The van der Waals surface area contributed by atoms with E-state index in [4.69, 9.17) is 0 Å². The van der Waals surface area contributed by atoms with Crippen molar-refractivity contribution < 1.29 is 4.79 Å². The molecule has 2 aliphatic heterocycles. The maximum atomic E-state index is 12.7. The van der Waals surface area contributed by atoms with Gasteiger partial charge in [-0.1, -0.05) is 18.2 Å². The summed E-state index contributed by atoms with van der Waals surface area (Å²) in [5.41, 5.74) is 1.64. The fourth-order valence-electron chi connectivity index (χ4n) is 4.04. The molecular weight excluding hydrogens is 260 g/mol. The van der Waals surface area contributed by atoms with Crippen LogP contribution in [0.15, 0.2) is 36.5 Å². The van der Waals surface area contributed by atoms with Crippen molar-refractivity contribution in [2.45, 2.75) is 44.2 Å². The molecule has 21 heavy (non-hydrogen) atoms. The standard InChI is InChI=1S/C18H20N2O/c21-17(11-12-9-14-6-7-15(10-12)20-14)16-5-1-3-13-4-2-8-19-18(13)16/h1-5,8,12,14-15,20H,6-7,9-11H2. The van der Waals surface area contributed by atoms with E-state index >= 15 is 0 Å². The molecule has 1 aromatic carbocycles. The fraction of sp³-hybridized carbons (Fsp3) is 0.444. The lowest BCUT2D eigenvalue weighted by Gasteiger charge is -2.28. The van der Waals surface area contributed by atoms with Crippen LogP contribution in [0, 0.1) is 5.92 Å². The predicted molar refractivity (Wildman–Crippen MR) is 83.4 cm³/mol. The number of hydrogen-bond acceptors (Lipinski definition) is 3. The summed E-state index contributed by atoms with van der Waals surface area (Å²) >= 11 is 0. The van der Waals surface area contributed by atoms with E-state index in [1.54, 1.807) is 6.20 Å². The van der Waals surface area contributed by atoms with Gasteiger partial charge in [-0.05, 0) is 43.7 Å². The molecule has 3 nitrogen and oxygen atoms in total. The van der Waals surface area contributed by atoms with Gasteiger partial charge in [0, 0.05) is 35.7 Å². The predicted octanol–water partition coefficient (Wildman–Crippen LogP) is 3.34. The number of aromatic nitrogens is 1. The van der Waals surface area contributed by atoms with Crippen molar-refractivity contribution in [3.05, 3.63) is 42.1 Å². The molecule has 2 aromatic rings. The minimum atomic E-state index is 0.255. The minimum Gasteiger partial charge on any atom is -0.311 e. The molecule has 4 rings (SSSR count). The Hall–Kier alpha value is -1.74. The Balaban J connectivity index is 1.56. The van der Waals surface area contributed by atoms with Crippen LogP contribution >= 0.6 is 0 Å². The van der Waals surface area contributed by atoms with Gasteiger partial charge in [-0.2, -0.15) is 0 Å². The van der Waals surface area contributed by atoms with Crippen molar-refractivity contribution in [1.82, 2.24) is 10.3 Å². The number of fused-ring (bicyclic) bond motifs is 3. The summed E-state index contributed by atoms with van der Waals surface area (Å²) in [5, 5.41) is 4.69. The van der Waals surface area contributed by atoms with E-state index in [1.807, 2.05) is 30.3 Å². The van der Waals surface area contributed by atoms with Gasteiger partial charge in [0.25, 0.3) is 0 Å². The number of para-hydroxylation sites is 1. The van der Waals surface area contributed by atoms with Crippen LogP contribution in [0.25, 0.3) is 10.9 Å². The number of ketones is 1. The maximum absolute atomic E-state index is 12.7. The highest BCUT2D eigenvalue weighted by molar-refractivity contribution is 6.06. The first-order valence-electron chi connectivity index (χ1n) is 7.92. The third-order valence-corrected chi connectivity index (χ3v) is 4.98. The number of nitrogens with one attached hydrogen (secondary N) is 1. The zero-order chi connectivity index (χ0) is 14.2. The number of benzene rings is 1. The van der Waals surface area contributed by atoms with Crippen LogP contribution in [-0.4, -0.2) is 22.9 Å². The zero-order valence-corrected chi connectivity index (χ0v) is 12.1. The molecule has 1 N–H and O–H groups in total. The molecule has 0 radical (unpaired) electrons. The summed E-state index contributed by atoms with van der Waals surface area (Å²) in [6.07, 6.45) is 7.31. The number of carbonyl (C=O) groups is 1. The Morgan fingerprint density at radius 3 is 2.71 bits per heavy atom. The van der Waals surface area contributed by atoms with Crippen LogP contribution in [-0.2, 0) is 0 Å². The van der Waals surface area contributed by atoms with Crippen LogP contribution in [0.1, 0.15) is 42.5 Å². The quantitative estimate of drug-likeness (QED) is 0.877. The molecule has 3 heterocycles. The van der Waals surface area contributed by atoms with Gasteiger partial charge in [-0.15, -0.1) is 0 Å². The minimum absolute atomic E-state index is 0.255. The lowest BCUT2D eigenvalue weighted by Crippen LogP contribution is -2.38. The molecule has 0 amide bonds. The van der Waals surface area contributed by atoms with Gasteiger partial charge < -0.3 is 5.32 Å². The molecule has 2 saturated heterocycles. The summed E-state index contributed by atoms with van der Waals surface area (Å²) in [5.74, 6) is 0.792. The first-order chi connectivity index (χ1) is 10.3. The van der Waals surface area contributed by atoms with Gasteiger partial charge in [-0.3, -0.25) is 9.78 Å². The number of piperidine rings is 1. The molecule has 0 saturated carbocycles. The molecular formula is C18H20N2O. The van der Waals surface area contributed by atoms with Crippen LogP contribution in [0.4, 0.5) is 0 Å². The molecule has 108 valence electrons. The zero-order valence-electron chi connectivity index (χ0n) is 12.1. The highest BCUT2D eigenvalue weighted by Crippen LogP contribution is 2.33. The monoisotopic (exact) mass is 280 g/mol. The first kappa shape index (κ1) is 13.0. The Morgan fingerprint density at radius 1 is 1.14 bits per heavy atom. The van der Waals surface area contributed by atoms with E-state index in [1.165, 1.54) is 12.8 Å². The second-order valence-corrected chi connectivity index (χ2v) is 6.48. The molecule has 2 bridgehead atoms. The molecule has 2 aliphatic rings. The highest BCUT2D eigenvalue weighted by Gasteiger charge is 2.34. The number of Topliss-reactive ketones (excluding diaryl/α,β-unsaturated/α-hetero) is 1. The molecule has 3 heteroatoms. The van der Waals surface area contributed by atoms with Gasteiger partial charge in [0.15, 0.2) is 5.78 Å². The molecule has 0 spiro atoms. The Labute approximate surface area is 124 Å². The smallest absolute Gasteiger partial charge is 0.165 e. The largest absolute Gasteiger partial charge is 0.311 e. The van der Waals surface area contributed by atoms with Gasteiger partial charge >= 0.3 is 0 Å². The van der Waals surface area contributed by atoms with E-state index in [-0.39, 0.29) is 5.78 Å². The van der Waals surface area contributed by atoms with Gasteiger partial charge in [0.05, 0.1) is 5.52 Å². The van der Waals surface area contributed by atoms with E-state index < -0.39 is 0 Å². The Morgan fingerprint density at radius 2 is 1.90 bits per heavy atom. The second kappa shape index (κ2) is 5.23. The average molecular weight is 280 g/mol. The highest BCUT2D eigenvalue weighted by atomic mass is 16.1. The number of nitrogens with zero attached hydrogens (tertiary/aromatic N) is 1. The topological polar surface area (TPSA) is 42.0 Å². The Bertz CT molecular complexity index is 664. The normalized spacial score (nSPS) is 27.9. The second-order valence-electron chi connectivity index (χ2n) is 6.48. The summed E-state index contributed by atoms with van der Waals surface area (Å²) in [7, 11) is 0. The molecule has 1 aromatic heterocycles. The molecule has 2 atom stereocenters. The molecule has 2 unspecified atom stereocenters. The van der Waals surface area contributed by atoms with Crippen molar-refractivity contribution >= 4 is 16.7 Å². The number of rotatable bonds is 3. The third kappa shape index (κ3) is 2.46. The molecule has 0 aliphatic carbocycles. The van der Waals surface area contributed by atoms with Crippen LogP contribution in [0.3, 0.4) is 0 Å². The fourth-order valence-corrected chi connectivity index (χ4v) is 4.04. The summed E-state index contributed by atoms with van der Waals surface area (Å²) < 4.78 is 0. The average Bonchev–Trinajstić information content (AvgIpc) is 2.85. The van der Waals surface area contributed by atoms with E-state index in [9.17, 15) is 4.79 Å². The van der Waals surface area contributed by atoms with Crippen LogP contribution in [0.5, 0.6) is 0 Å². The summed E-state index contributed by atoms with van der Waals surface area (Å²) in [4.78, 5) is 17.1. The SMILES string of the molecule is O=C(CC1CC2CCC(C1)N2)c1cccc2cccnc12.